The van der Waals surface area contributed by atoms with Crippen molar-refractivity contribution >= 4 is 0 Å². The second-order valence-electron chi connectivity index (χ2n) is 6.47. The van der Waals surface area contributed by atoms with Gasteiger partial charge in [-0.25, -0.2) is 0 Å². The summed E-state index contributed by atoms with van der Waals surface area (Å²) in [7, 11) is 0. The quantitative estimate of drug-likeness (QED) is 0.730. The average molecular weight is 329 g/mol. The van der Waals surface area contributed by atoms with Crippen LogP contribution in [0.2, 0.25) is 0 Å². The van der Waals surface area contributed by atoms with Crippen molar-refractivity contribution in [1.29, 1.82) is 0 Å². The molecule has 0 aromatic heterocycles. The highest BCUT2D eigenvalue weighted by molar-refractivity contribution is 5.52. The van der Waals surface area contributed by atoms with Crippen LogP contribution in [-0.2, 0) is 10.2 Å². The summed E-state index contributed by atoms with van der Waals surface area (Å²) in [6, 6.07) is 32.2. The van der Waals surface area contributed by atoms with Crippen LogP contribution < -0.4 is 5.32 Å². The Morgan fingerprint density at radius 1 is 0.680 bits per heavy atom. The third kappa shape index (κ3) is 2.88. The Kier molecular flexibility index (Phi) is 4.64. The largest absolute Gasteiger partial charge is 0.374 e. The van der Waals surface area contributed by atoms with Gasteiger partial charge in [-0.15, -0.1) is 0 Å². The van der Waals surface area contributed by atoms with E-state index in [4.69, 9.17) is 4.74 Å². The molecule has 0 radical (unpaired) electrons. The minimum absolute atomic E-state index is 0.0356. The Morgan fingerprint density at radius 3 is 1.48 bits per heavy atom. The SMILES string of the molecule is c1ccc(C(c2ccccc2)(c2ccccc2)C2CNCCO2)cc1. The summed E-state index contributed by atoms with van der Waals surface area (Å²) < 4.78 is 6.34. The van der Waals surface area contributed by atoms with E-state index in [0.717, 1.165) is 19.7 Å². The number of benzene rings is 3. The molecule has 0 amide bonds. The van der Waals surface area contributed by atoms with E-state index >= 15 is 0 Å². The lowest BCUT2D eigenvalue weighted by Gasteiger charge is -2.44. The second-order valence-corrected chi connectivity index (χ2v) is 6.47. The number of hydrogen-bond donors (Lipinski definition) is 1. The maximum atomic E-state index is 6.34. The molecular weight excluding hydrogens is 306 g/mol. The normalized spacial score (nSPS) is 18.0. The van der Waals surface area contributed by atoms with Gasteiger partial charge in [-0.05, 0) is 16.7 Å². The van der Waals surface area contributed by atoms with E-state index in [-0.39, 0.29) is 11.5 Å². The Bertz CT molecular complexity index is 683. The molecule has 25 heavy (non-hydrogen) atoms. The molecule has 1 heterocycles. The minimum Gasteiger partial charge on any atom is -0.374 e. The summed E-state index contributed by atoms with van der Waals surface area (Å²) in [6.07, 6.45) is 0.0356. The van der Waals surface area contributed by atoms with Gasteiger partial charge in [0.2, 0.25) is 0 Å². The van der Waals surface area contributed by atoms with E-state index in [1.807, 2.05) is 0 Å². The number of morpholine rings is 1. The first-order valence-corrected chi connectivity index (χ1v) is 8.91. The van der Waals surface area contributed by atoms with Crippen molar-refractivity contribution in [1.82, 2.24) is 5.32 Å². The molecule has 0 bridgehead atoms. The smallest absolute Gasteiger partial charge is 0.0877 e. The lowest BCUT2D eigenvalue weighted by atomic mass is 9.65. The van der Waals surface area contributed by atoms with Crippen molar-refractivity contribution in [3.8, 4) is 0 Å². The minimum atomic E-state index is -0.336. The number of rotatable bonds is 4. The summed E-state index contributed by atoms with van der Waals surface area (Å²) in [5, 5.41) is 3.52. The molecule has 3 aromatic carbocycles. The third-order valence-electron chi connectivity index (χ3n) is 5.10. The summed E-state index contributed by atoms with van der Waals surface area (Å²) >= 11 is 0. The Morgan fingerprint density at radius 2 is 1.12 bits per heavy atom. The van der Waals surface area contributed by atoms with Crippen LogP contribution in [0.15, 0.2) is 91.0 Å². The lowest BCUT2D eigenvalue weighted by molar-refractivity contribution is -0.00169. The van der Waals surface area contributed by atoms with E-state index in [0.29, 0.717) is 0 Å². The van der Waals surface area contributed by atoms with Gasteiger partial charge in [0, 0.05) is 13.1 Å². The zero-order valence-electron chi connectivity index (χ0n) is 14.3. The monoisotopic (exact) mass is 329 g/mol. The highest BCUT2D eigenvalue weighted by Gasteiger charge is 2.45. The third-order valence-corrected chi connectivity index (χ3v) is 5.10. The molecule has 1 N–H and O–H groups in total. The van der Waals surface area contributed by atoms with Crippen molar-refractivity contribution in [3.63, 3.8) is 0 Å². The van der Waals surface area contributed by atoms with E-state index < -0.39 is 0 Å². The summed E-state index contributed by atoms with van der Waals surface area (Å²) in [5.41, 5.74) is 3.46. The van der Waals surface area contributed by atoms with Crippen LogP contribution in [0, 0.1) is 0 Å². The summed E-state index contributed by atoms with van der Waals surface area (Å²) in [4.78, 5) is 0. The van der Waals surface area contributed by atoms with Gasteiger partial charge in [-0.3, -0.25) is 0 Å². The summed E-state index contributed by atoms with van der Waals surface area (Å²) in [5.74, 6) is 0. The topological polar surface area (TPSA) is 21.3 Å². The molecule has 3 aromatic rings. The van der Waals surface area contributed by atoms with Gasteiger partial charge in [0.15, 0.2) is 0 Å². The number of nitrogens with one attached hydrogen (secondary N) is 1. The summed E-state index contributed by atoms with van der Waals surface area (Å²) in [6.45, 7) is 2.47. The van der Waals surface area contributed by atoms with E-state index in [1.54, 1.807) is 0 Å². The van der Waals surface area contributed by atoms with Crippen LogP contribution in [0.1, 0.15) is 16.7 Å². The first-order chi connectivity index (χ1) is 12.4. The van der Waals surface area contributed by atoms with E-state index in [9.17, 15) is 0 Å². The Hall–Kier alpha value is -2.42. The van der Waals surface area contributed by atoms with Gasteiger partial charge in [0.25, 0.3) is 0 Å². The maximum absolute atomic E-state index is 6.34. The van der Waals surface area contributed by atoms with Gasteiger partial charge in [0.1, 0.15) is 0 Å². The van der Waals surface area contributed by atoms with Crippen LogP contribution >= 0.6 is 0 Å². The van der Waals surface area contributed by atoms with Crippen LogP contribution in [0.3, 0.4) is 0 Å². The number of hydrogen-bond acceptors (Lipinski definition) is 2. The molecule has 1 atom stereocenters. The Labute approximate surface area is 149 Å². The molecule has 4 rings (SSSR count). The predicted octanol–water partition coefficient (Wildman–Crippen LogP) is 4.01. The molecule has 1 aliphatic rings. The molecule has 0 aliphatic carbocycles. The van der Waals surface area contributed by atoms with Crippen molar-refractivity contribution in [2.24, 2.45) is 0 Å². The fourth-order valence-electron chi connectivity index (χ4n) is 4.00. The van der Waals surface area contributed by atoms with Crippen LogP contribution in [0.25, 0.3) is 0 Å². The first-order valence-electron chi connectivity index (χ1n) is 8.91. The molecule has 0 saturated carbocycles. The highest BCUT2D eigenvalue weighted by atomic mass is 16.5. The molecule has 2 heteroatoms. The number of ether oxygens (including phenoxy) is 1. The van der Waals surface area contributed by atoms with E-state index in [2.05, 4.69) is 96.3 Å². The molecule has 2 nitrogen and oxygen atoms in total. The molecule has 1 saturated heterocycles. The van der Waals surface area contributed by atoms with Crippen LogP contribution in [-0.4, -0.2) is 25.8 Å². The molecular formula is C23H23NO. The van der Waals surface area contributed by atoms with Crippen LogP contribution in [0.4, 0.5) is 0 Å². The zero-order chi connectivity index (χ0) is 17.0. The van der Waals surface area contributed by atoms with Crippen molar-refractivity contribution in [2.75, 3.05) is 19.7 Å². The van der Waals surface area contributed by atoms with Gasteiger partial charge < -0.3 is 10.1 Å². The predicted molar refractivity (Wildman–Crippen MR) is 102 cm³/mol. The average Bonchev–Trinajstić information content (AvgIpc) is 2.72. The van der Waals surface area contributed by atoms with Gasteiger partial charge >= 0.3 is 0 Å². The van der Waals surface area contributed by atoms with Crippen molar-refractivity contribution in [3.05, 3.63) is 108 Å². The lowest BCUT2D eigenvalue weighted by Crippen LogP contribution is -2.52. The first kappa shape index (κ1) is 16.1. The van der Waals surface area contributed by atoms with Gasteiger partial charge in [-0.1, -0.05) is 91.0 Å². The highest BCUT2D eigenvalue weighted by Crippen LogP contribution is 2.43. The fourth-order valence-corrected chi connectivity index (χ4v) is 4.00. The molecule has 126 valence electrons. The fraction of sp³-hybridized carbons (Fsp3) is 0.217. The standard InChI is InChI=1S/C23H23NO/c1-4-10-19(11-5-1)23(20-12-6-2-7-13-20,21-14-8-3-9-15-21)22-18-24-16-17-25-22/h1-15,22,24H,16-18H2. The Balaban J connectivity index is 2.01. The van der Waals surface area contributed by atoms with E-state index in [1.165, 1.54) is 16.7 Å². The maximum Gasteiger partial charge on any atom is 0.0877 e. The molecule has 0 spiro atoms. The van der Waals surface area contributed by atoms with Gasteiger partial charge in [0.05, 0.1) is 18.1 Å². The van der Waals surface area contributed by atoms with Crippen LogP contribution in [0.5, 0.6) is 0 Å². The van der Waals surface area contributed by atoms with Crippen molar-refractivity contribution in [2.45, 2.75) is 11.5 Å². The van der Waals surface area contributed by atoms with Crippen molar-refractivity contribution < 1.29 is 4.74 Å². The molecule has 1 fully saturated rings. The zero-order valence-corrected chi connectivity index (χ0v) is 14.3. The second kappa shape index (κ2) is 7.22. The molecule has 1 aliphatic heterocycles. The van der Waals surface area contributed by atoms with Gasteiger partial charge in [-0.2, -0.15) is 0 Å². The molecule has 1 unspecified atom stereocenters.